The number of amides is 3. The predicted octanol–water partition coefficient (Wildman–Crippen LogP) is 3.72. The molecule has 0 atom stereocenters. The lowest BCUT2D eigenvalue weighted by atomic mass is 9.84. The van der Waals surface area contributed by atoms with Crippen molar-refractivity contribution in [2.75, 3.05) is 13.2 Å². The van der Waals surface area contributed by atoms with Crippen molar-refractivity contribution in [1.82, 2.24) is 10.2 Å². The molecule has 0 bridgehead atoms. The topological polar surface area (TPSA) is 58.6 Å². The molecule has 5 heteroatoms. The van der Waals surface area contributed by atoms with Gasteiger partial charge in [-0.1, -0.05) is 38.2 Å². The number of benzene rings is 1. The van der Waals surface area contributed by atoms with E-state index in [0.717, 1.165) is 55.4 Å². The maximum atomic E-state index is 12.9. The number of hydrogen-bond donors (Lipinski definition) is 1. The SMILES string of the molecule is Cc1cc(C)cc(OCCN2C(=O)NC3(CCCCCCC3)C2=O)c1. The molecular formula is C20H28N2O3. The molecule has 0 unspecified atom stereocenters. The summed E-state index contributed by atoms with van der Waals surface area (Å²) in [6, 6.07) is 5.75. The Balaban J connectivity index is 1.60. The summed E-state index contributed by atoms with van der Waals surface area (Å²) in [6.45, 7) is 4.66. The summed E-state index contributed by atoms with van der Waals surface area (Å²) in [5.74, 6) is 0.716. The number of ether oxygens (including phenoxy) is 1. The molecule has 1 aromatic rings. The summed E-state index contributed by atoms with van der Waals surface area (Å²) < 4.78 is 5.77. The van der Waals surface area contributed by atoms with Crippen LogP contribution in [0.1, 0.15) is 56.1 Å². The maximum Gasteiger partial charge on any atom is 0.325 e. The molecule has 1 aromatic carbocycles. The smallest absolute Gasteiger partial charge is 0.325 e. The Morgan fingerprint density at radius 2 is 1.60 bits per heavy atom. The Morgan fingerprint density at radius 1 is 1.00 bits per heavy atom. The number of urea groups is 1. The average Bonchev–Trinajstić information content (AvgIpc) is 2.75. The first-order valence-corrected chi connectivity index (χ1v) is 9.35. The van der Waals surface area contributed by atoms with E-state index in [2.05, 4.69) is 11.4 Å². The van der Waals surface area contributed by atoms with Crippen LogP contribution in [-0.4, -0.2) is 35.5 Å². The Kier molecular flexibility index (Phi) is 5.30. The molecule has 136 valence electrons. The van der Waals surface area contributed by atoms with Crippen molar-refractivity contribution in [3.8, 4) is 5.75 Å². The molecule has 5 nitrogen and oxygen atoms in total. The number of carbonyl (C=O) groups excluding carboxylic acids is 2. The van der Waals surface area contributed by atoms with E-state index >= 15 is 0 Å². The fourth-order valence-corrected chi connectivity index (χ4v) is 4.00. The van der Waals surface area contributed by atoms with Gasteiger partial charge in [-0.3, -0.25) is 9.69 Å². The fraction of sp³-hybridized carbons (Fsp3) is 0.600. The first kappa shape index (κ1) is 17.8. The van der Waals surface area contributed by atoms with Crippen LogP contribution >= 0.6 is 0 Å². The van der Waals surface area contributed by atoms with Crippen molar-refractivity contribution < 1.29 is 14.3 Å². The molecule has 1 spiro atoms. The van der Waals surface area contributed by atoms with Crippen molar-refractivity contribution in [1.29, 1.82) is 0 Å². The zero-order valence-corrected chi connectivity index (χ0v) is 15.3. The minimum atomic E-state index is -0.669. The van der Waals surface area contributed by atoms with Gasteiger partial charge in [0.2, 0.25) is 0 Å². The van der Waals surface area contributed by atoms with Gasteiger partial charge >= 0.3 is 6.03 Å². The predicted molar refractivity (Wildman–Crippen MR) is 96.7 cm³/mol. The third-order valence-corrected chi connectivity index (χ3v) is 5.23. The highest BCUT2D eigenvalue weighted by atomic mass is 16.5. The van der Waals surface area contributed by atoms with Gasteiger partial charge in [0.1, 0.15) is 17.9 Å². The molecule has 25 heavy (non-hydrogen) atoms. The van der Waals surface area contributed by atoms with E-state index in [-0.39, 0.29) is 11.9 Å². The molecule has 1 aliphatic heterocycles. The lowest BCUT2D eigenvalue weighted by molar-refractivity contribution is -0.132. The molecule has 0 radical (unpaired) electrons. The summed E-state index contributed by atoms with van der Waals surface area (Å²) in [6.07, 6.45) is 7.02. The van der Waals surface area contributed by atoms with Crippen molar-refractivity contribution in [3.63, 3.8) is 0 Å². The van der Waals surface area contributed by atoms with Gasteiger partial charge in [-0.15, -0.1) is 0 Å². The van der Waals surface area contributed by atoms with Crippen molar-refractivity contribution in [2.45, 2.75) is 64.3 Å². The van der Waals surface area contributed by atoms with Crippen LogP contribution in [0, 0.1) is 13.8 Å². The summed E-state index contributed by atoms with van der Waals surface area (Å²) in [7, 11) is 0. The van der Waals surface area contributed by atoms with Crippen LogP contribution in [0.25, 0.3) is 0 Å². The molecule has 3 rings (SSSR count). The van der Waals surface area contributed by atoms with Crippen LogP contribution in [0.4, 0.5) is 4.79 Å². The van der Waals surface area contributed by atoms with Crippen LogP contribution in [-0.2, 0) is 4.79 Å². The van der Waals surface area contributed by atoms with Crippen LogP contribution in [0.2, 0.25) is 0 Å². The van der Waals surface area contributed by atoms with Gasteiger partial charge in [-0.2, -0.15) is 0 Å². The highest BCUT2D eigenvalue weighted by Gasteiger charge is 2.50. The number of rotatable bonds is 4. The van der Waals surface area contributed by atoms with E-state index in [1.165, 1.54) is 11.3 Å². The van der Waals surface area contributed by atoms with E-state index in [1.807, 2.05) is 26.0 Å². The average molecular weight is 344 g/mol. The largest absolute Gasteiger partial charge is 0.492 e. The third kappa shape index (κ3) is 3.97. The van der Waals surface area contributed by atoms with E-state index in [9.17, 15) is 9.59 Å². The molecule has 1 aliphatic carbocycles. The summed E-state index contributed by atoms with van der Waals surface area (Å²) in [4.78, 5) is 26.6. The summed E-state index contributed by atoms with van der Waals surface area (Å²) >= 11 is 0. The molecule has 1 N–H and O–H groups in total. The standard InChI is InChI=1S/C20H28N2O3/c1-15-12-16(2)14-17(13-15)25-11-10-22-18(23)20(21-19(22)24)8-6-4-3-5-7-9-20/h12-14H,3-11H2,1-2H3,(H,21,24). The van der Waals surface area contributed by atoms with Crippen molar-refractivity contribution in [3.05, 3.63) is 29.3 Å². The second-order valence-corrected chi connectivity index (χ2v) is 7.41. The maximum absolute atomic E-state index is 12.9. The second kappa shape index (κ2) is 7.46. The number of carbonyl (C=O) groups is 2. The van der Waals surface area contributed by atoms with Gasteiger partial charge in [0, 0.05) is 0 Å². The summed E-state index contributed by atoms with van der Waals surface area (Å²) in [5.41, 5.74) is 1.61. The van der Waals surface area contributed by atoms with E-state index in [1.54, 1.807) is 0 Å². The van der Waals surface area contributed by atoms with Crippen molar-refractivity contribution in [2.24, 2.45) is 0 Å². The van der Waals surface area contributed by atoms with Gasteiger partial charge < -0.3 is 10.1 Å². The zero-order chi connectivity index (χ0) is 17.9. The van der Waals surface area contributed by atoms with Crippen LogP contribution in [0.5, 0.6) is 5.75 Å². The van der Waals surface area contributed by atoms with Gasteiger partial charge in [0.25, 0.3) is 5.91 Å². The van der Waals surface area contributed by atoms with Crippen LogP contribution < -0.4 is 10.1 Å². The highest BCUT2D eigenvalue weighted by molar-refractivity contribution is 6.07. The number of imide groups is 1. The molecule has 1 saturated heterocycles. The Morgan fingerprint density at radius 3 is 2.24 bits per heavy atom. The number of nitrogens with zero attached hydrogens (tertiary/aromatic N) is 1. The van der Waals surface area contributed by atoms with Crippen molar-refractivity contribution >= 4 is 11.9 Å². The fourth-order valence-electron chi connectivity index (χ4n) is 4.00. The molecule has 1 saturated carbocycles. The zero-order valence-electron chi connectivity index (χ0n) is 15.3. The lowest BCUT2D eigenvalue weighted by Gasteiger charge is -2.28. The normalized spacial score (nSPS) is 20.3. The molecule has 1 heterocycles. The highest BCUT2D eigenvalue weighted by Crippen LogP contribution is 2.32. The Labute approximate surface area is 149 Å². The van der Waals surface area contributed by atoms with Crippen LogP contribution in [0.15, 0.2) is 18.2 Å². The van der Waals surface area contributed by atoms with Crippen LogP contribution in [0.3, 0.4) is 0 Å². The molecule has 2 aliphatic rings. The van der Waals surface area contributed by atoms with Gasteiger partial charge in [0.15, 0.2) is 0 Å². The third-order valence-electron chi connectivity index (χ3n) is 5.23. The number of nitrogens with one attached hydrogen (secondary N) is 1. The molecule has 2 fully saturated rings. The minimum Gasteiger partial charge on any atom is -0.492 e. The monoisotopic (exact) mass is 344 g/mol. The van der Waals surface area contributed by atoms with E-state index < -0.39 is 5.54 Å². The van der Waals surface area contributed by atoms with Gasteiger partial charge in [-0.05, 0) is 49.9 Å². The van der Waals surface area contributed by atoms with E-state index in [4.69, 9.17) is 4.74 Å². The number of hydrogen-bond acceptors (Lipinski definition) is 3. The quantitative estimate of drug-likeness (QED) is 0.847. The van der Waals surface area contributed by atoms with Gasteiger partial charge in [0.05, 0.1) is 6.54 Å². The summed E-state index contributed by atoms with van der Waals surface area (Å²) in [5, 5.41) is 2.99. The molecular weight excluding hydrogens is 316 g/mol. The lowest BCUT2D eigenvalue weighted by Crippen LogP contribution is -2.47. The second-order valence-electron chi connectivity index (χ2n) is 7.41. The van der Waals surface area contributed by atoms with Gasteiger partial charge in [-0.25, -0.2) is 4.79 Å². The molecule has 3 amide bonds. The minimum absolute atomic E-state index is 0.0663. The Bertz CT molecular complexity index is 628. The number of aryl methyl sites for hydroxylation is 2. The molecule has 0 aromatic heterocycles. The Hall–Kier alpha value is -2.04. The first-order valence-electron chi connectivity index (χ1n) is 9.35. The van der Waals surface area contributed by atoms with E-state index in [0.29, 0.717) is 13.2 Å². The first-order chi connectivity index (χ1) is 12.0.